The van der Waals surface area contributed by atoms with Gasteiger partial charge in [0.05, 0.1) is 32.2 Å². The van der Waals surface area contributed by atoms with Gasteiger partial charge in [0.15, 0.2) is 11.5 Å². The molecule has 0 unspecified atom stereocenters. The largest absolute Gasteiger partial charge is 0.493 e. The highest BCUT2D eigenvalue weighted by molar-refractivity contribution is 9.10. The van der Waals surface area contributed by atoms with E-state index in [1.807, 2.05) is 30.3 Å². The van der Waals surface area contributed by atoms with Crippen molar-refractivity contribution in [3.05, 3.63) is 94.3 Å². The van der Waals surface area contributed by atoms with Gasteiger partial charge in [-0.25, -0.2) is 0 Å². The molecule has 0 saturated carbocycles. The van der Waals surface area contributed by atoms with Gasteiger partial charge in [-0.05, 0) is 57.4 Å². The second-order valence-electron chi connectivity index (χ2n) is 7.11. The molecule has 36 heavy (non-hydrogen) atoms. The van der Waals surface area contributed by atoms with Crippen molar-refractivity contribution in [2.45, 2.75) is 6.61 Å². The van der Waals surface area contributed by atoms with Crippen LogP contribution in [0, 0.1) is 21.4 Å². The topological polar surface area (TPSA) is 114 Å². The van der Waals surface area contributed by atoms with Crippen LogP contribution < -0.4 is 14.8 Å². The lowest BCUT2D eigenvalue weighted by atomic mass is 10.1. The zero-order chi connectivity index (χ0) is 26.4. The molecule has 0 heterocycles. The Labute approximate surface area is 232 Å². The lowest BCUT2D eigenvalue weighted by molar-refractivity contribution is -0.384. The number of hydrogen-bond donors (Lipinski definition) is 1. The molecule has 0 spiro atoms. The highest BCUT2D eigenvalue weighted by Crippen LogP contribution is 2.38. The minimum atomic E-state index is -0.805. The van der Waals surface area contributed by atoms with Gasteiger partial charge < -0.3 is 14.8 Å². The fourth-order valence-electron chi connectivity index (χ4n) is 2.98. The normalized spacial score (nSPS) is 10.9. The second-order valence-corrected chi connectivity index (χ2v) is 9.70. The SMILES string of the molecule is COc1cc(/C=C(\C#N)C(=O)Nc2c(Cl)cc([N+](=O)[O-])cc2Cl)cc(Br)c1OCc1ccc(Br)cc1. The zero-order valence-electron chi connectivity index (χ0n) is 18.4. The van der Waals surface area contributed by atoms with E-state index in [-0.39, 0.29) is 27.0 Å². The van der Waals surface area contributed by atoms with Crippen molar-refractivity contribution in [1.82, 2.24) is 0 Å². The van der Waals surface area contributed by atoms with E-state index in [2.05, 4.69) is 37.2 Å². The van der Waals surface area contributed by atoms with Crippen LogP contribution >= 0.6 is 55.1 Å². The van der Waals surface area contributed by atoms with Crippen LogP contribution in [0.1, 0.15) is 11.1 Å². The van der Waals surface area contributed by atoms with Crippen LogP contribution in [0.2, 0.25) is 10.0 Å². The fourth-order valence-corrected chi connectivity index (χ4v) is 4.39. The number of benzene rings is 3. The third kappa shape index (κ3) is 6.77. The maximum Gasteiger partial charge on any atom is 0.272 e. The number of carbonyl (C=O) groups is 1. The Bertz CT molecular complexity index is 1380. The van der Waals surface area contributed by atoms with Gasteiger partial charge in [0.25, 0.3) is 11.6 Å². The highest BCUT2D eigenvalue weighted by atomic mass is 79.9. The Morgan fingerprint density at radius 2 is 1.81 bits per heavy atom. The van der Waals surface area contributed by atoms with Crippen molar-refractivity contribution in [2.75, 3.05) is 12.4 Å². The van der Waals surface area contributed by atoms with Gasteiger partial charge in [0.1, 0.15) is 18.2 Å². The highest BCUT2D eigenvalue weighted by Gasteiger charge is 2.19. The summed E-state index contributed by atoms with van der Waals surface area (Å²) in [5, 5.41) is 22.7. The van der Waals surface area contributed by atoms with Gasteiger partial charge >= 0.3 is 0 Å². The smallest absolute Gasteiger partial charge is 0.272 e. The van der Waals surface area contributed by atoms with Gasteiger partial charge in [-0.15, -0.1) is 0 Å². The average Bonchev–Trinajstić information content (AvgIpc) is 2.84. The summed E-state index contributed by atoms with van der Waals surface area (Å²) >= 11 is 18.9. The number of ether oxygens (including phenoxy) is 2. The predicted octanol–water partition coefficient (Wildman–Crippen LogP) is 7.56. The van der Waals surface area contributed by atoms with Crippen LogP contribution in [0.15, 0.2) is 63.0 Å². The van der Waals surface area contributed by atoms with E-state index >= 15 is 0 Å². The molecule has 0 aliphatic carbocycles. The van der Waals surface area contributed by atoms with Crippen molar-refractivity contribution >= 4 is 78.4 Å². The minimum Gasteiger partial charge on any atom is -0.493 e. The Kier molecular flexibility index (Phi) is 9.34. The van der Waals surface area contributed by atoms with Gasteiger partial charge in [-0.1, -0.05) is 51.3 Å². The summed E-state index contributed by atoms with van der Waals surface area (Å²) in [5.74, 6) is 0.0256. The number of amides is 1. The van der Waals surface area contributed by atoms with E-state index in [1.165, 1.54) is 13.2 Å². The minimum absolute atomic E-state index is 0.0504. The first-order valence-corrected chi connectivity index (χ1v) is 12.3. The molecule has 1 amide bonds. The van der Waals surface area contributed by atoms with Crippen LogP contribution in [0.4, 0.5) is 11.4 Å². The number of non-ortho nitro benzene ring substituents is 1. The molecule has 0 atom stereocenters. The first-order chi connectivity index (χ1) is 17.1. The Morgan fingerprint density at radius 3 is 2.36 bits per heavy atom. The van der Waals surface area contributed by atoms with Crippen LogP contribution in [-0.4, -0.2) is 17.9 Å². The number of nitriles is 1. The predicted molar refractivity (Wildman–Crippen MR) is 145 cm³/mol. The van der Waals surface area contributed by atoms with E-state index in [4.69, 9.17) is 32.7 Å². The van der Waals surface area contributed by atoms with E-state index in [9.17, 15) is 20.2 Å². The Balaban J connectivity index is 1.84. The molecule has 3 rings (SSSR count). The summed E-state index contributed by atoms with van der Waals surface area (Å²) in [7, 11) is 1.47. The van der Waals surface area contributed by atoms with Crippen LogP contribution in [0.25, 0.3) is 6.08 Å². The van der Waals surface area contributed by atoms with Crippen LogP contribution in [0.5, 0.6) is 11.5 Å². The number of hydrogen-bond acceptors (Lipinski definition) is 6. The number of nitro benzene ring substituents is 1. The first-order valence-electron chi connectivity index (χ1n) is 9.94. The second kappa shape index (κ2) is 12.2. The van der Waals surface area contributed by atoms with Crippen molar-refractivity contribution in [1.29, 1.82) is 5.26 Å². The molecule has 184 valence electrons. The lowest BCUT2D eigenvalue weighted by Crippen LogP contribution is -2.14. The van der Waals surface area contributed by atoms with Gasteiger partial charge in [-0.2, -0.15) is 5.26 Å². The van der Waals surface area contributed by atoms with Gasteiger partial charge in [0, 0.05) is 16.6 Å². The third-order valence-electron chi connectivity index (χ3n) is 4.70. The lowest BCUT2D eigenvalue weighted by Gasteiger charge is -2.14. The van der Waals surface area contributed by atoms with Crippen LogP contribution in [0.3, 0.4) is 0 Å². The van der Waals surface area contributed by atoms with Crippen molar-refractivity contribution in [2.24, 2.45) is 0 Å². The summed E-state index contributed by atoms with van der Waals surface area (Å²) in [4.78, 5) is 23.0. The number of nitro groups is 1. The fraction of sp³-hybridized carbons (Fsp3) is 0.0833. The molecular weight excluding hydrogens is 641 g/mol. The average molecular weight is 656 g/mol. The summed E-state index contributed by atoms with van der Waals surface area (Å²) < 4.78 is 12.9. The monoisotopic (exact) mass is 653 g/mol. The maximum absolute atomic E-state index is 12.7. The number of methoxy groups -OCH3 is 1. The summed E-state index contributed by atoms with van der Waals surface area (Å²) in [6.45, 7) is 0.292. The van der Waals surface area contributed by atoms with Crippen molar-refractivity contribution < 1.29 is 19.2 Å². The Hall–Kier alpha value is -3.10. The quantitative estimate of drug-likeness (QED) is 0.116. The molecule has 8 nitrogen and oxygen atoms in total. The molecule has 0 aromatic heterocycles. The molecule has 3 aromatic rings. The van der Waals surface area contributed by atoms with Crippen molar-refractivity contribution in [3.63, 3.8) is 0 Å². The van der Waals surface area contributed by atoms with E-state index in [1.54, 1.807) is 12.1 Å². The standard InChI is InChI=1S/C24H15Br2Cl2N3O5/c1-35-21-8-14(7-18(26)23(21)36-12-13-2-4-16(25)5-3-13)6-15(11-29)24(32)30-22-19(27)9-17(31(33)34)10-20(22)28/h2-10H,12H2,1H3,(H,30,32)/b15-6+. The first kappa shape index (κ1) is 27.5. The number of rotatable bonds is 8. The molecule has 3 aromatic carbocycles. The van der Waals surface area contributed by atoms with Crippen molar-refractivity contribution in [3.8, 4) is 17.6 Å². The number of carbonyl (C=O) groups excluding carboxylic acids is 1. The summed E-state index contributed by atoms with van der Waals surface area (Å²) in [6.07, 6.45) is 1.34. The van der Waals surface area contributed by atoms with Crippen LogP contribution in [-0.2, 0) is 11.4 Å². The number of nitrogens with zero attached hydrogens (tertiary/aromatic N) is 2. The van der Waals surface area contributed by atoms with Gasteiger partial charge in [-0.3, -0.25) is 14.9 Å². The molecule has 0 aliphatic heterocycles. The van der Waals surface area contributed by atoms with E-state index in [0.717, 1.165) is 22.2 Å². The number of nitrogens with one attached hydrogen (secondary N) is 1. The molecule has 0 aliphatic rings. The molecular formula is C24H15Br2Cl2N3O5. The zero-order valence-corrected chi connectivity index (χ0v) is 23.0. The molecule has 1 N–H and O–H groups in total. The van der Waals surface area contributed by atoms with E-state index in [0.29, 0.717) is 28.1 Å². The molecule has 0 fully saturated rings. The number of halogens is 4. The molecule has 12 heteroatoms. The molecule has 0 saturated heterocycles. The van der Waals surface area contributed by atoms with Gasteiger partial charge in [0.2, 0.25) is 0 Å². The maximum atomic E-state index is 12.7. The Morgan fingerprint density at radius 1 is 1.17 bits per heavy atom. The summed E-state index contributed by atoms with van der Waals surface area (Å²) in [5.41, 5.74) is 0.771. The summed E-state index contributed by atoms with van der Waals surface area (Å²) in [6, 6.07) is 14.8. The van der Waals surface area contributed by atoms with E-state index < -0.39 is 10.8 Å². The molecule has 0 radical (unpaired) electrons. The molecule has 0 bridgehead atoms. The number of anilines is 1. The third-order valence-corrected chi connectivity index (χ3v) is 6.41.